The molecule has 0 saturated carbocycles. The molecule has 0 aromatic carbocycles. The quantitative estimate of drug-likeness (QED) is 0.498. The second-order valence-corrected chi connectivity index (χ2v) is 4.66. The van der Waals surface area contributed by atoms with Crippen molar-refractivity contribution in [2.45, 2.75) is 23.9 Å². The van der Waals surface area contributed by atoms with Crippen LogP contribution in [0.25, 0.3) is 0 Å². The molecule has 0 aliphatic heterocycles. The molecule has 1 heterocycles. The maximum Gasteiger partial charge on any atom is 0.318 e. The lowest BCUT2D eigenvalue weighted by molar-refractivity contribution is -0.119. The smallest absolute Gasteiger partial charge is 0.318 e. The summed E-state index contributed by atoms with van der Waals surface area (Å²) >= 11 is 1.12. The predicted molar refractivity (Wildman–Crippen MR) is 67.7 cm³/mol. The largest absolute Gasteiger partial charge is 0.368 e. The van der Waals surface area contributed by atoms with E-state index in [1.54, 1.807) is 17.6 Å². The van der Waals surface area contributed by atoms with Gasteiger partial charge in [0, 0.05) is 6.54 Å². The highest BCUT2D eigenvalue weighted by Crippen LogP contribution is 2.23. The average Bonchev–Trinajstić information content (AvgIpc) is 2.61. The summed E-state index contributed by atoms with van der Waals surface area (Å²) in [5.74, 6) is -0.265. The average molecular weight is 270 g/mol. The van der Waals surface area contributed by atoms with Crippen LogP contribution in [-0.2, 0) is 11.3 Å². The third kappa shape index (κ3) is 3.48. The SMILES string of the molecule is C=CCn1c(N)nnc1S[C@@H](C)C(=O)NC(N)=O. The van der Waals surface area contributed by atoms with Crippen molar-refractivity contribution in [1.82, 2.24) is 20.1 Å². The Kier molecular flexibility index (Phi) is 4.72. The molecule has 1 aromatic heterocycles. The zero-order valence-electron chi connectivity index (χ0n) is 9.79. The van der Waals surface area contributed by atoms with Gasteiger partial charge in [0.05, 0.1) is 5.25 Å². The molecule has 0 fully saturated rings. The third-order valence-electron chi connectivity index (χ3n) is 1.95. The lowest BCUT2D eigenvalue weighted by Crippen LogP contribution is -2.39. The van der Waals surface area contributed by atoms with E-state index in [9.17, 15) is 9.59 Å². The number of nitrogens with zero attached hydrogens (tertiary/aromatic N) is 3. The number of primary amides is 1. The van der Waals surface area contributed by atoms with Gasteiger partial charge in [-0.3, -0.25) is 14.7 Å². The molecule has 0 saturated heterocycles. The molecule has 8 nitrogen and oxygen atoms in total. The van der Waals surface area contributed by atoms with Gasteiger partial charge in [0.15, 0.2) is 5.16 Å². The van der Waals surface area contributed by atoms with E-state index in [4.69, 9.17) is 11.5 Å². The number of carbonyl (C=O) groups is 2. The Balaban J connectivity index is 2.75. The van der Waals surface area contributed by atoms with Gasteiger partial charge >= 0.3 is 6.03 Å². The highest BCUT2D eigenvalue weighted by molar-refractivity contribution is 8.00. The zero-order valence-corrected chi connectivity index (χ0v) is 10.6. The lowest BCUT2D eigenvalue weighted by Gasteiger charge is -2.10. The molecular formula is C9H14N6O2S. The van der Waals surface area contributed by atoms with Crippen LogP contribution in [0.1, 0.15) is 6.92 Å². The molecular weight excluding hydrogens is 256 g/mol. The summed E-state index contributed by atoms with van der Waals surface area (Å²) in [6, 6.07) is -0.889. The summed E-state index contributed by atoms with van der Waals surface area (Å²) in [6.07, 6.45) is 1.64. The first kappa shape index (κ1) is 14.0. The molecule has 1 atom stereocenters. The number of aromatic nitrogens is 3. The summed E-state index contributed by atoms with van der Waals surface area (Å²) in [5.41, 5.74) is 10.5. The predicted octanol–water partition coefficient (Wildman–Crippen LogP) is -0.278. The monoisotopic (exact) mass is 270 g/mol. The molecule has 3 amide bonds. The summed E-state index contributed by atoms with van der Waals surface area (Å²) in [4.78, 5) is 22.0. The van der Waals surface area contributed by atoms with Crippen LogP contribution in [0.2, 0.25) is 0 Å². The number of nitrogens with two attached hydrogens (primary N) is 2. The van der Waals surface area contributed by atoms with E-state index in [0.29, 0.717) is 11.7 Å². The molecule has 98 valence electrons. The van der Waals surface area contributed by atoms with Gasteiger partial charge < -0.3 is 11.5 Å². The first-order chi connectivity index (χ1) is 8.45. The topological polar surface area (TPSA) is 129 Å². The minimum atomic E-state index is -0.889. The van der Waals surface area contributed by atoms with E-state index < -0.39 is 17.2 Å². The van der Waals surface area contributed by atoms with Gasteiger partial charge in [-0.15, -0.1) is 16.8 Å². The molecule has 0 unspecified atom stereocenters. The number of carbonyl (C=O) groups excluding carboxylic acids is 2. The first-order valence-corrected chi connectivity index (χ1v) is 5.90. The Morgan fingerprint density at radius 2 is 2.28 bits per heavy atom. The highest BCUT2D eigenvalue weighted by Gasteiger charge is 2.19. The van der Waals surface area contributed by atoms with Crippen LogP contribution in [0.15, 0.2) is 17.8 Å². The fraction of sp³-hybridized carbons (Fsp3) is 0.333. The second-order valence-electron chi connectivity index (χ2n) is 3.35. The van der Waals surface area contributed by atoms with Gasteiger partial charge in [-0.1, -0.05) is 17.8 Å². The van der Waals surface area contributed by atoms with Crippen LogP contribution in [0.5, 0.6) is 0 Å². The Bertz CT molecular complexity index is 472. The molecule has 0 radical (unpaired) electrons. The summed E-state index contributed by atoms with van der Waals surface area (Å²) in [6.45, 7) is 5.64. The number of allylic oxidation sites excluding steroid dienone is 1. The van der Waals surface area contributed by atoms with Crippen molar-refractivity contribution in [2.24, 2.45) is 5.73 Å². The van der Waals surface area contributed by atoms with E-state index in [2.05, 4.69) is 16.8 Å². The Labute approximate surface area is 108 Å². The molecule has 0 aliphatic rings. The number of rotatable bonds is 5. The minimum Gasteiger partial charge on any atom is -0.368 e. The molecule has 1 rings (SSSR count). The standard InChI is InChI=1S/C9H14N6O2S/c1-3-4-15-7(10)13-14-9(15)18-5(2)6(16)12-8(11)17/h3,5H,1,4H2,2H3,(H2,10,13)(H3,11,12,16,17)/t5-/m0/s1. The number of imide groups is 1. The Hall–Kier alpha value is -2.03. The van der Waals surface area contributed by atoms with Crippen LogP contribution in [0, 0.1) is 0 Å². The van der Waals surface area contributed by atoms with Crippen molar-refractivity contribution < 1.29 is 9.59 Å². The van der Waals surface area contributed by atoms with E-state index >= 15 is 0 Å². The maximum absolute atomic E-state index is 11.5. The number of amides is 3. The van der Waals surface area contributed by atoms with E-state index in [-0.39, 0.29) is 5.95 Å². The van der Waals surface area contributed by atoms with Crippen LogP contribution in [0.4, 0.5) is 10.7 Å². The summed E-state index contributed by atoms with van der Waals surface area (Å²) in [7, 11) is 0. The number of anilines is 1. The number of thioether (sulfide) groups is 1. The van der Waals surface area contributed by atoms with Crippen LogP contribution in [-0.4, -0.2) is 32.0 Å². The number of urea groups is 1. The molecule has 9 heteroatoms. The fourth-order valence-corrected chi connectivity index (χ4v) is 1.99. The van der Waals surface area contributed by atoms with Crippen LogP contribution < -0.4 is 16.8 Å². The van der Waals surface area contributed by atoms with Gasteiger partial charge in [-0.2, -0.15) is 0 Å². The number of hydrogen-bond donors (Lipinski definition) is 3. The van der Waals surface area contributed by atoms with Crippen molar-refractivity contribution in [1.29, 1.82) is 0 Å². The van der Waals surface area contributed by atoms with Crippen molar-refractivity contribution >= 4 is 29.6 Å². The van der Waals surface area contributed by atoms with Crippen LogP contribution in [0.3, 0.4) is 0 Å². The normalized spacial score (nSPS) is 11.8. The molecule has 5 N–H and O–H groups in total. The van der Waals surface area contributed by atoms with Crippen molar-refractivity contribution in [3.8, 4) is 0 Å². The van der Waals surface area contributed by atoms with Crippen molar-refractivity contribution in [3.05, 3.63) is 12.7 Å². The minimum absolute atomic E-state index is 0.236. The molecule has 18 heavy (non-hydrogen) atoms. The molecule has 0 bridgehead atoms. The maximum atomic E-state index is 11.5. The Morgan fingerprint density at radius 3 is 2.83 bits per heavy atom. The van der Waals surface area contributed by atoms with E-state index in [1.165, 1.54) is 0 Å². The lowest BCUT2D eigenvalue weighted by atomic mass is 10.4. The van der Waals surface area contributed by atoms with Gasteiger partial charge in [-0.25, -0.2) is 4.79 Å². The number of hydrogen-bond acceptors (Lipinski definition) is 6. The molecule has 0 spiro atoms. The van der Waals surface area contributed by atoms with E-state index in [1.807, 2.05) is 5.32 Å². The highest BCUT2D eigenvalue weighted by atomic mass is 32.2. The van der Waals surface area contributed by atoms with Crippen molar-refractivity contribution in [3.63, 3.8) is 0 Å². The number of nitrogens with one attached hydrogen (secondary N) is 1. The van der Waals surface area contributed by atoms with Crippen LogP contribution >= 0.6 is 11.8 Å². The molecule has 0 aliphatic carbocycles. The van der Waals surface area contributed by atoms with Gasteiger partial charge in [0.25, 0.3) is 0 Å². The fourth-order valence-electron chi connectivity index (χ4n) is 1.12. The first-order valence-electron chi connectivity index (χ1n) is 5.02. The van der Waals surface area contributed by atoms with E-state index in [0.717, 1.165) is 11.8 Å². The van der Waals surface area contributed by atoms with Gasteiger partial charge in [0.2, 0.25) is 11.9 Å². The van der Waals surface area contributed by atoms with Crippen molar-refractivity contribution in [2.75, 3.05) is 5.73 Å². The van der Waals surface area contributed by atoms with Gasteiger partial charge in [0.1, 0.15) is 0 Å². The zero-order chi connectivity index (χ0) is 13.7. The Morgan fingerprint density at radius 1 is 1.61 bits per heavy atom. The molecule has 1 aromatic rings. The number of nitrogen functional groups attached to an aromatic ring is 1. The summed E-state index contributed by atoms with van der Waals surface area (Å²) < 4.78 is 1.60. The summed E-state index contributed by atoms with van der Waals surface area (Å²) in [5, 5.41) is 9.46. The third-order valence-corrected chi connectivity index (χ3v) is 3.04. The second kappa shape index (κ2) is 6.05. The van der Waals surface area contributed by atoms with Gasteiger partial charge in [-0.05, 0) is 6.92 Å².